The van der Waals surface area contributed by atoms with Gasteiger partial charge in [-0.15, -0.1) is 0 Å². The molecule has 1 aromatic rings. The number of morpholine rings is 1. The number of anilines is 1. The summed E-state index contributed by atoms with van der Waals surface area (Å²) in [7, 11) is 0. The van der Waals surface area contributed by atoms with E-state index in [1.807, 2.05) is 6.07 Å². The van der Waals surface area contributed by atoms with E-state index >= 15 is 0 Å². The fraction of sp³-hybridized carbons (Fsp3) is 0.333. The molecule has 0 radical (unpaired) electrons. The number of amides is 1. The smallest absolute Gasteiger partial charge is 0.243 e. The zero-order chi connectivity index (χ0) is 12.1. The SMILES string of the molecule is N#Cc1cccc(NC(=O)C2COCCN2)c1. The highest BCUT2D eigenvalue weighted by atomic mass is 16.5. The molecule has 1 saturated heterocycles. The summed E-state index contributed by atoms with van der Waals surface area (Å²) in [6.07, 6.45) is 0. The largest absolute Gasteiger partial charge is 0.378 e. The molecular formula is C12H13N3O2. The Bertz CT molecular complexity index is 447. The monoisotopic (exact) mass is 231 g/mol. The van der Waals surface area contributed by atoms with Crippen molar-refractivity contribution in [2.24, 2.45) is 0 Å². The summed E-state index contributed by atoms with van der Waals surface area (Å²) >= 11 is 0. The molecule has 0 bridgehead atoms. The molecule has 0 saturated carbocycles. The summed E-state index contributed by atoms with van der Waals surface area (Å²) in [5.41, 5.74) is 1.15. The van der Waals surface area contributed by atoms with Crippen LogP contribution < -0.4 is 10.6 Å². The number of nitriles is 1. The molecule has 1 aromatic carbocycles. The lowest BCUT2D eigenvalue weighted by Crippen LogP contribution is -2.48. The number of carbonyl (C=O) groups is 1. The first-order chi connectivity index (χ1) is 8.29. The summed E-state index contributed by atoms with van der Waals surface area (Å²) < 4.78 is 5.21. The van der Waals surface area contributed by atoms with E-state index in [0.29, 0.717) is 31.0 Å². The van der Waals surface area contributed by atoms with Gasteiger partial charge in [0.2, 0.25) is 5.91 Å². The molecular weight excluding hydrogens is 218 g/mol. The van der Waals surface area contributed by atoms with Crippen molar-refractivity contribution in [3.05, 3.63) is 29.8 Å². The minimum atomic E-state index is -0.325. The molecule has 1 atom stereocenters. The number of hydrogen-bond acceptors (Lipinski definition) is 4. The fourth-order valence-corrected chi connectivity index (χ4v) is 1.63. The van der Waals surface area contributed by atoms with E-state index in [0.717, 1.165) is 0 Å². The van der Waals surface area contributed by atoms with Crippen molar-refractivity contribution < 1.29 is 9.53 Å². The van der Waals surface area contributed by atoms with E-state index in [1.165, 1.54) is 0 Å². The molecule has 1 unspecified atom stereocenters. The zero-order valence-electron chi connectivity index (χ0n) is 9.27. The van der Waals surface area contributed by atoms with Crippen LogP contribution in [0.2, 0.25) is 0 Å². The maximum absolute atomic E-state index is 11.8. The first-order valence-electron chi connectivity index (χ1n) is 5.42. The third kappa shape index (κ3) is 3.03. The second kappa shape index (κ2) is 5.43. The Hall–Kier alpha value is -1.90. The number of hydrogen-bond donors (Lipinski definition) is 2. The van der Waals surface area contributed by atoms with Gasteiger partial charge >= 0.3 is 0 Å². The van der Waals surface area contributed by atoms with Crippen molar-refractivity contribution in [3.8, 4) is 6.07 Å². The average Bonchev–Trinajstić information content (AvgIpc) is 2.40. The molecule has 1 heterocycles. The van der Waals surface area contributed by atoms with Gasteiger partial charge in [-0.2, -0.15) is 5.26 Å². The van der Waals surface area contributed by atoms with Crippen LogP contribution in [0.5, 0.6) is 0 Å². The van der Waals surface area contributed by atoms with Crippen molar-refractivity contribution in [1.29, 1.82) is 5.26 Å². The van der Waals surface area contributed by atoms with Crippen LogP contribution in [0.25, 0.3) is 0 Å². The zero-order valence-corrected chi connectivity index (χ0v) is 9.27. The Labute approximate surface area is 99.4 Å². The van der Waals surface area contributed by atoms with Crippen LogP contribution in [0.15, 0.2) is 24.3 Å². The van der Waals surface area contributed by atoms with E-state index in [2.05, 4.69) is 10.6 Å². The van der Waals surface area contributed by atoms with Crippen LogP contribution in [-0.4, -0.2) is 31.7 Å². The van der Waals surface area contributed by atoms with Crippen LogP contribution >= 0.6 is 0 Å². The minimum absolute atomic E-state index is 0.139. The van der Waals surface area contributed by atoms with Crippen molar-refractivity contribution >= 4 is 11.6 Å². The third-order valence-corrected chi connectivity index (χ3v) is 2.50. The van der Waals surface area contributed by atoms with Gasteiger partial charge in [-0.25, -0.2) is 0 Å². The lowest BCUT2D eigenvalue weighted by molar-refractivity contribution is -0.120. The molecule has 17 heavy (non-hydrogen) atoms. The van der Waals surface area contributed by atoms with Gasteiger partial charge in [0.05, 0.1) is 24.8 Å². The maximum Gasteiger partial charge on any atom is 0.243 e. The fourth-order valence-electron chi connectivity index (χ4n) is 1.63. The van der Waals surface area contributed by atoms with Crippen molar-refractivity contribution in [2.75, 3.05) is 25.1 Å². The molecule has 0 aliphatic carbocycles. The van der Waals surface area contributed by atoms with Crippen LogP contribution in [0.4, 0.5) is 5.69 Å². The molecule has 2 N–H and O–H groups in total. The van der Waals surface area contributed by atoms with Crippen LogP contribution in [0, 0.1) is 11.3 Å². The summed E-state index contributed by atoms with van der Waals surface area (Å²) in [6, 6.07) is 8.52. The highest BCUT2D eigenvalue weighted by Gasteiger charge is 2.20. The summed E-state index contributed by atoms with van der Waals surface area (Å²) in [6.45, 7) is 1.69. The molecule has 5 nitrogen and oxygen atoms in total. The van der Waals surface area contributed by atoms with E-state index in [-0.39, 0.29) is 11.9 Å². The number of rotatable bonds is 2. The number of nitrogens with zero attached hydrogens (tertiary/aromatic N) is 1. The second-order valence-electron chi connectivity index (χ2n) is 3.76. The predicted octanol–water partition coefficient (Wildman–Crippen LogP) is 0.485. The van der Waals surface area contributed by atoms with Crippen molar-refractivity contribution in [1.82, 2.24) is 5.32 Å². The van der Waals surface area contributed by atoms with Crippen molar-refractivity contribution in [3.63, 3.8) is 0 Å². The Kier molecular flexibility index (Phi) is 3.70. The molecule has 1 aliphatic heterocycles. The van der Waals surface area contributed by atoms with Gasteiger partial charge in [-0.1, -0.05) is 6.07 Å². The maximum atomic E-state index is 11.8. The molecule has 1 amide bonds. The molecule has 2 rings (SSSR count). The van der Waals surface area contributed by atoms with E-state index in [9.17, 15) is 4.79 Å². The molecule has 0 spiro atoms. The standard InChI is InChI=1S/C12H13N3O2/c13-7-9-2-1-3-10(6-9)15-12(16)11-8-17-5-4-14-11/h1-3,6,11,14H,4-5,8H2,(H,15,16). The van der Waals surface area contributed by atoms with Crippen LogP contribution in [0.1, 0.15) is 5.56 Å². The highest BCUT2D eigenvalue weighted by Crippen LogP contribution is 2.10. The Morgan fingerprint density at radius 2 is 2.47 bits per heavy atom. The van der Waals surface area contributed by atoms with Gasteiger partial charge < -0.3 is 15.4 Å². The Morgan fingerprint density at radius 1 is 1.59 bits per heavy atom. The average molecular weight is 231 g/mol. The quantitative estimate of drug-likeness (QED) is 0.776. The number of benzene rings is 1. The highest BCUT2D eigenvalue weighted by molar-refractivity contribution is 5.95. The third-order valence-electron chi connectivity index (χ3n) is 2.50. The van der Waals surface area contributed by atoms with Gasteiger partial charge in [-0.05, 0) is 18.2 Å². The first-order valence-corrected chi connectivity index (χ1v) is 5.42. The van der Waals surface area contributed by atoms with E-state index < -0.39 is 0 Å². The topological polar surface area (TPSA) is 74.2 Å². The lowest BCUT2D eigenvalue weighted by Gasteiger charge is -2.22. The Morgan fingerprint density at radius 3 is 3.18 bits per heavy atom. The van der Waals surface area contributed by atoms with Gasteiger partial charge in [0.15, 0.2) is 0 Å². The molecule has 1 aliphatic rings. The molecule has 5 heteroatoms. The van der Waals surface area contributed by atoms with Gasteiger partial charge in [-0.3, -0.25) is 4.79 Å². The molecule has 1 fully saturated rings. The predicted molar refractivity (Wildman–Crippen MR) is 62.4 cm³/mol. The summed E-state index contributed by atoms with van der Waals surface area (Å²) in [5, 5.41) is 14.6. The minimum Gasteiger partial charge on any atom is -0.378 e. The van der Waals surface area contributed by atoms with E-state index in [1.54, 1.807) is 24.3 Å². The van der Waals surface area contributed by atoms with Crippen LogP contribution in [-0.2, 0) is 9.53 Å². The van der Waals surface area contributed by atoms with E-state index in [4.69, 9.17) is 10.00 Å². The normalized spacial score (nSPS) is 19.4. The lowest BCUT2D eigenvalue weighted by atomic mass is 10.2. The number of nitrogens with one attached hydrogen (secondary N) is 2. The van der Waals surface area contributed by atoms with Gasteiger partial charge in [0.1, 0.15) is 6.04 Å². The second-order valence-corrected chi connectivity index (χ2v) is 3.76. The Balaban J connectivity index is 1.99. The molecule has 0 aromatic heterocycles. The first kappa shape index (κ1) is 11.6. The number of carbonyl (C=O) groups excluding carboxylic acids is 1. The van der Waals surface area contributed by atoms with Gasteiger partial charge in [0.25, 0.3) is 0 Å². The number of ether oxygens (including phenoxy) is 1. The summed E-state index contributed by atoms with van der Waals surface area (Å²) in [4.78, 5) is 11.8. The summed E-state index contributed by atoms with van der Waals surface area (Å²) in [5.74, 6) is -0.139. The molecule has 88 valence electrons. The van der Waals surface area contributed by atoms with Crippen LogP contribution in [0.3, 0.4) is 0 Å². The van der Waals surface area contributed by atoms with Gasteiger partial charge in [0, 0.05) is 12.2 Å². The van der Waals surface area contributed by atoms with Crippen molar-refractivity contribution in [2.45, 2.75) is 6.04 Å².